The van der Waals surface area contributed by atoms with Crippen LogP contribution in [-0.4, -0.2) is 46.5 Å². The number of carbonyl (C=O) groups is 3. The fraction of sp³-hybridized carbons (Fsp3) is 0.129. The van der Waals surface area contributed by atoms with Gasteiger partial charge in [0.05, 0.1) is 48.3 Å². The molecular formula is C31H26N4O5S. The summed E-state index contributed by atoms with van der Waals surface area (Å²) in [5, 5.41) is 7.79. The largest absolute Gasteiger partial charge is 0.497 e. The minimum absolute atomic E-state index is 0.259. The Labute approximate surface area is 240 Å². The summed E-state index contributed by atoms with van der Waals surface area (Å²) in [7, 11) is 2.93. The molecule has 0 unspecified atom stereocenters. The third-order valence-electron chi connectivity index (χ3n) is 6.30. The third-order valence-corrected chi connectivity index (χ3v) is 7.47. The van der Waals surface area contributed by atoms with E-state index in [0.29, 0.717) is 22.3 Å². The summed E-state index contributed by atoms with van der Waals surface area (Å²) in [4.78, 5) is 43.5. The van der Waals surface area contributed by atoms with Crippen molar-refractivity contribution in [2.75, 3.05) is 19.5 Å². The van der Waals surface area contributed by atoms with E-state index in [0.717, 1.165) is 33.9 Å². The Bertz CT molecular complexity index is 1730. The van der Waals surface area contributed by atoms with Crippen LogP contribution in [0.1, 0.15) is 21.8 Å². The van der Waals surface area contributed by atoms with E-state index >= 15 is 0 Å². The number of ketones is 2. The first-order valence-corrected chi connectivity index (χ1v) is 13.5. The number of benzene rings is 3. The van der Waals surface area contributed by atoms with Crippen LogP contribution in [0.15, 0.2) is 84.9 Å². The number of ether oxygens (including phenoxy) is 2. The summed E-state index contributed by atoms with van der Waals surface area (Å²) < 4.78 is 12.1. The maximum atomic E-state index is 13.2. The first-order valence-electron chi connectivity index (χ1n) is 12.7. The number of thiazole rings is 1. The molecule has 1 N–H and O–H groups in total. The number of methoxy groups -OCH3 is 2. The van der Waals surface area contributed by atoms with Crippen molar-refractivity contribution >= 4 is 34.5 Å². The predicted octanol–water partition coefficient (Wildman–Crippen LogP) is 5.77. The fourth-order valence-electron chi connectivity index (χ4n) is 4.23. The number of hydrogen-bond acceptors (Lipinski definition) is 8. The molecule has 3 aromatic carbocycles. The highest BCUT2D eigenvalue weighted by molar-refractivity contribution is 7.16. The highest BCUT2D eigenvalue weighted by atomic mass is 32.1. The number of carbonyl (C=O) groups excluding carboxylic acids is 3. The summed E-state index contributed by atoms with van der Waals surface area (Å²) in [6.45, 7) is 1.70. The lowest BCUT2D eigenvalue weighted by atomic mass is 10.1. The van der Waals surface area contributed by atoms with Gasteiger partial charge in [0.1, 0.15) is 11.5 Å². The smallest absolute Gasteiger partial charge is 0.292 e. The lowest BCUT2D eigenvalue weighted by Crippen LogP contribution is -2.25. The topological polar surface area (TPSA) is 112 Å². The summed E-state index contributed by atoms with van der Waals surface area (Å²) in [6.07, 6.45) is -0.611. The number of Topliss-reactive ketones (excluding diaryl/α,β-unsaturated/α-hetero) is 2. The van der Waals surface area contributed by atoms with E-state index in [-0.39, 0.29) is 10.6 Å². The van der Waals surface area contributed by atoms with Gasteiger partial charge >= 0.3 is 0 Å². The molecule has 1 amide bonds. The van der Waals surface area contributed by atoms with E-state index in [1.165, 1.54) is 20.3 Å². The molecule has 0 aliphatic heterocycles. The normalized spacial score (nSPS) is 10.7. The quantitative estimate of drug-likeness (QED) is 0.130. The van der Waals surface area contributed by atoms with Crippen LogP contribution in [0.25, 0.3) is 27.6 Å². The average molecular weight is 567 g/mol. The second-order valence-corrected chi connectivity index (χ2v) is 9.99. The Hall–Kier alpha value is -5.09. The van der Waals surface area contributed by atoms with Gasteiger partial charge < -0.3 is 14.8 Å². The number of amides is 1. The molecule has 9 nitrogen and oxygen atoms in total. The van der Waals surface area contributed by atoms with Crippen LogP contribution in [0.2, 0.25) is 0 Å². The van der Waals surface area contributed by atoms with Crippen LogP contribution in [0.4, 0.5) is 5.69 Å². The van der Waals surface area contributed by atoms with Gasteiger partial charge in [-0.05, 0) is 25.1 Å². The molecule has 2 aromatic heterocycles. The molecule has 5 aromatic rings. The standard InChI is InChI=1S/C31H26N4O5S/c1-19-29(26(36)18-27(37)30(38)33-24-16-22(39-2)14-15-28(24)40-3)41-31(32-19)35-25(21-12-8-5-9-13-21)17-23(34-35)20-10-6-4-7-11-20/h4-17H,18H2,1-3H3,(H,33,38). The van der Waals surface area contributed by atoms with Crippen LogP contribution in [-0.2, 0) is 9.59 Å². The minimum atomic E-state index is -0.932. The molecule has 0 spiro atoms. The lowest BCUT2D eigenvalue weighted by molar-refractivity contribution is -0.134. The molecule has 0 fully saturated rings. The van der Waals surface area contributed by atoms with E-state index in [1.54, 1.807) is 23.7 Å². The molecule has 0 aliphatic carbocycles. The Kier molecular flexibility index (Phi) is 8.02. The molecule has 0 aliphatic rings. The zero-order chi connectivity index (χ0) is 28.9. The summed E-state index contributed by atoms with van der Waals surface area (Å²) >= 11 is 1.13. The van der Waals surface area contributed by atoms with Crippen molar-refractivity contribution in [3.8, 4) is 39.1 Å². The Morgan fingerprint density at radius 2 is 1.56 bits per heavy atom. The van der Waals surface area contributed by atoms with E-state index in [9.17, 15) is 14.4 Å². The highest BCUT2D eigenvalue weighted by Gasteiger charge is 2.25. The zero-order valence-corrected chi connectivity index (χ0v) is 23.4. The zero-order valence-electron chi connectivity index (χ0n) is 22.6. The first-order chi connectivity index (χ1) is 19.9. The van der Waals surface area contributed by atoms with Crippen molar-refractivity contribution < 1.29 is 23.9 Å². The van der Waals surface area contributed by atoms with Crippen LogP contribution < -0.4 is 14.8 Å². The maximum absolute atomic E-state index is 13.2. The minimum Gasteiger partial charge on any atom is -0.497 e. The fourth-order valence-corrected chi connectivity index (χ4v) is 5.20. The maximum Gasteiger partial charge on any atom is 0.292 e. The van der Waals surface area contributed by atoms with Crippen LogP contribution >= 0.6 is 11.3 Å². The lowest BCUT2D eigenvalue weighted by Gasteiger charge is -2.11. The third kappa shape index (κ3) is 5.92. The summed E-state index contributed by atoms with van der Waals surface area (Å²) in [5.74, 6) is -1.49. The number of nitrogens with zero attached hydrogens (tertiary/aromatic N) is 3. The summed E-state index contributed by atoms with van der Waals surface area (Å²) in [5.41, 5.74) is 4.15. The Balaban J connectivity index is 1.39. The van der Waals surface area contributed by atoms with Crippen molar-refractivity contribution in [3.63, 3.8) is 0 Å². The SMILES string of the molecule is COc1ccc(OC)c(NC(=O)C(=O)CC(=O)c2sc(-n3nc(-c4ccccc4)cc3-c3ccccc3)nc2C)c1. The molecule has 0 atom stereocenters. The van der Waals surface area contributed by atoms with Gasteiger partial charge in [0, 0.05) is 17.2 Å². The van der Waals surface area contributed by atoms with Crippen LogP contribution in [0, 0.1) is 6.92 Å². The first kappa shape index (κ1) is 27.5. The number of hydrogen-bond donors (Lipinski definition) is 1. The average Bonchev–Trinajstić information content (AvgIpc) is 3.62. The molecule has 2 heterocycles. The second kappa shape index (κ2) is 12.0. The number of anilines is 1. The number of rotatable bonds is 10. The van der Waals surface area contributed by atoms with Gasteiger partial charge in [-0.1, -0.05) is 72.0 Å². The van der Waals surface area contributed by atoms with Gasteiger partial charge in [-0.3, -0.25) is 14.4 Å². The van der Waals surface area contributed by atoms with Gasteiger partial charge in [0.2, 0.25) is 10.9 Å². The molecule has 206 valence electrons. The van der Waals surface area contributed by atoms with Crippen molar-refractivity contribution in [3.05, 3.63) is 95.5 Å². The van der Waals surface area contributed by atoms with E-state index in [1.807, 2.05) is 66.7 Å². The van der Waals surface area contributed by atoms with Crippen molar-refractivity contribution in [2.24, 2.45) is 0 Å². The van der Waals surface area contributed by atoms with Gasteiger partial charge in [-0.2, -0.15) is 5.10 Å². The van der Waals surface area contributed by atoms with E-state index in [4.69, 9.17) is 14.6 Å². The Morgan fingerprint density at radius 1 is 0.878 bits per heavy atom. The number of aryl methyl sites for hydroxylation is 1. The van der Waals surface area contributed by atoms with Gasteiger partial charge in [-0.25, -0.2) is 9.67 Å². The molecule has 0 saturated carbocycles. The van der Waals surface area contributed by atoms with E-state index in [2.05, 4.69) is 10.3 Å². The van der Waals surface area contributed by atoms with E-state index < -0.39 is 23.9 Å². The molecule has 10 heteroatoms. The van der Waals surface area contributed by atoms with Crippen molar-refractivity contribution in [1.29, 1.82) is 0 Å². The molecular weight excluding hydrogens is 540 g/mol. The predicted molar refractivity (Wildman–Crippen MR) is 157 cm³/mol. The number of aromatic nitrogens is 3. The van der Waals surface area contributed by atoms with Crippen molar-refractivity contribution in [1.82, 2.24) is 14.8 Å². The molecule has 0 radical (unpaired) electrons. The van der Waals surface area contributed by atoms with Crippen LogP contribution in [0.5, 0.6) is 11.5 Å². The van der Waals surface area contributed by atoms with Crippen molar-refractivity contribution in [2.45, 2.75) is 13.3 Å². The van der Waals surface area contributed by atoms with Gasteiger partial charge in [0.15, 0.2) is 5.78 Å². The van der Waals surface area contributed by atoms with Gasteiger partial charge in [0.25, 0.3) is 5.91 Å². The summed E-state index contributed by atoms with van der Waals surface area (Å²) in [6, 6.07) is 26.3. The van der Waals surface area contributed by atoms with Crippen LogP contribution in [0.3, 0.4) is 0 Å². The molecule has 41 heavy (non-hydrogen) atoms. The molecule has 5 rings (SSSR count). The monoisotopic (exact) mass is 566 g/mol. The second-order valence-electron chi connectivity index (χ2n) is 9.01. The number of nitrogens with one attached hydrogen (secondary N) is 1. The highest BCUT2D eigenvalue weighted by Crippen LogP contribution is 2.32. The van der Waals surface area contributed by atoms with Gasteiger partial charge in [-0.15, -0.1) is 0 Å². The molecule has 0 bridgehead atoms. The Morgan fingerprint density at radius 3 is 2.22 bits per heavy atom. The molecule has 0 saturated heterocycles.